The average molecular weight is 480 g/mol. The summed E-state index contributed by atoms with van der Waals surface area (Å²) in [7, 11) is 3.22. The smallest absolute Gasteiger partial charge is 0.323 e. The summed E-state index contributed by atoms with van der Waals surface area (Å²) in [5, 5.41) is 6.36. The van der Waals surface area contributed by atoms with Crippen molar-refractivity contribution in [3.8, 4) is 11.5 Å². The lowest BCUT2D eigenvalue weighted by Gasteiger charge is -2.34. The summed E-state index contributed by atoms with van der Waals surface area (Å²) in [6.07, 6.45) is 3.15. The first-order chi connectivity index (χ1) is 17.0. The quantitative estimate of drug-likeness (QED) is 0.536. The van der Waals surface area contributed by atoms with Gasteiger partial charge >= 0.3 is 5.97 Å². The van der Waals surface area contributed by atoms with Gasteiger partial charge in [0, 0.05) is 18.1 Å². The topological polar surface area (TPSA) is 80.7 Å². The van der Waals surface area contributed by atoms with Crippen LogP contribution in [0.15, 0.2) is 53.6 Å². The maximum absolute atomic E-state index is 13.6. The zero-order chi connectivity index (χ0) is 24.8. The van der Waals surface area contributed by atoms with Crippen LogP contribution in [-0.2, 0) is 14.3 Å². The molecular formula is C27H33N3O5. The monoisotopic (exact) mass is 479 g/mol. The number of likely N-dealkylation sites (tertiary alicyclic amines) is 1. The lowest BCUT2D eigenvalue weighted by Crippen LogP contribution is -2.49. The number of amides is 1. The van der Waals surface area contributed by atoms with E-state index in [1.54, 1.807) is 26.2 Å². The number of carbonyl (C=O) groups is 2. The van der Waals surface area contributed by atoms with E-state index in [4.69, 9.17) is 19.3 Å². The summed E-state index contributed by atoms with van der Waals surface area (Å²) in [5.74, 6) is 0.931. The molecule has 35 heavy (non-hydrogen) atoms. The third kappa shape index (κ3) is 5.48. The fraction of sp³-hybridized carbons (Fsp3) is 0.444. The molecule has 1 saturated heterocycles. The van der Waals surface area contributed by atoms with Crippen LogP contribution in [0.25, 0.3) is 0 Å². The molecule has 8 heteroatoms. The van der Waals surface area contributed by atoms with Crippen molar-refractivity contribution in [1.82, 2.24) is 9.91 Å². The van der Waals surface area contributed by atoms with E-state index in [9.17, 15) is 9.59 Å². The minimum Gasteiger partial charge on any atom is -0.497 e. The maximum Gasteiger partial charge on any atom is 0.323 e. The number of piperidine rings is 1. The predicted octanol–water partition coefficient (Wildman–Crippen LogP) is 3.80. The highest BCUT2D eigenvalue weighted by atomic mass is 16.5. The van der Waals surface area contributed by atoms with Crippen molar-refractivity contribution in [3.05, 3.63) is 59.7 Å². The van der Waals surface area contributed by atoms with Gasteiger partial charge in [-0.25, -0.2) is 5.01 Å². The first kappa shape index (κ1) is 24.7. The Bertz CT molecular complexity index is 1070. The molecule has 2 atom stereocenters. The molecule has 8 nitrogen and oxygen atoms in total. The number of hydrogen-bond acceptors (Lipinski definition) is 7. The van der Waals surface area contributed by atoms with Gasteiger partial charge in [-0.1, -0.05) is 36.8 Å². The number of ether oxygens (including phenoxy) is 3. The van der Waals surface area contributed by atoms with Gasteiger partial charge in [-0.15, -0.1) is 0 Å². The second-order valence-corrected chi connectivity index (χ2v) is 8.72. The average Bonchev–Trinajstić information content (AvgIpc) is 3.35. The van der Waals surface area contributed by atoms with Gasteiger partial charge in [-0.3, -0.25) is 14.5 Å². The minimum absolute atomic E-state index is 0.114. The van der Waals surface area contributed by atoms with Crippen LogP contribution in [0.1, 0.15) is 49.8 Å². The van der Waals surface area contributed by atoms with Crippen molar-refractivity contribution >= 4 is 17.6 Å². The molecule has 1 fully saturated rings. The third-order valence-corrected chi connectivity index (χ3v) is 6.58. The second kappa shape index (κ2) is 11.4. The first-order valence-electron chi connectivity index (χ1n) is 12.1. The number of hydrogen-bond donors (Lipinski definition) is 0. The van der Waals surface area contributed by atoms with Crippen LogP contribution in [0.3, 0.4) is 0 Å². The van der Waals surface area contributed by atoms with Crippen molar-refractivity contribution in [1.29, 1.82) is 0 Å². The molecular weight excluding hydrogens is 446 g/mol. The number of rotatable bonds is 8. The SMILES string of the molecule is CCOC(=O)[C@H]1CCCCN1CC(=O)N1N=C(c2ccc(OC)cc2OC)C[C@H]1c1ccccc1. The standard InChI is InChI=1S/C27H33N3O5/c1-4-35-27(32)23-12-8-9-15-29(23)18-26(31)30-24(19-10-6-5-7-11-19)17-22(28-30)21-14-13-20(33-2)16-25(21)34-3/h5-7,10-11,13-14,16,23-24H,4,8-9,12,15,17-18H2,1-3H3/t23-,24+/m1/s1. The van der Waals surface area contributed by atoms with Gasteiger partial charge in [0.15, 0.2) is 0 Å². The number of esters is 1. The predicted molar refractivity (Wildman–Crippen MR) is 133 cm³/mol. The van der Waals surface area contributed by atoms with Crippen LogP contribution < -0.4 is 9.47 Å². The molecule has 2 aliphatic heterocycles. The van der Waals surface area contributed by atoms with E-state index < -0.39 is 6.04 Å². The van der Waals surface area contributed by atoms with Crippen molar-refractivity contribution < 1.29 is 23.8 Å². The zero-order valence-corrected chi connectivity index (χ0v) is 20.6. The van der Waals surface area contributed by atoms with Crippen molar-refractivity contribution in [3.63, 3.8) is 0 Å². The molecule has 0 N–H and O–H groups in total. The Hall–Kier alpha value is -3.39. The Morgan fingerprint density at radius 1 is 1.06 bits per heavy atom. The summed E-state index contributed by atoms with van der Waals surface area (Å²) in [4.78, 5) is 28.1. The molecule has 0 spiro atoms. The molecule has 2 aromatic rings. The fourth-order valence-electron chi connectivity index (χ4n) is 4.81. The highest BCUT2D eigenvalue weighted by Crippen LogP contribution is 2.36. The van der Waals surface area contributed by atoms with E-state index in [2.05, 4.69) is 0 Å². The van der Waals surface area contributed by atoms with E-state index in [0.717, 1.165) is 29.7 Å². The summed E-state index contributed by atoms with van der Waals surface area (Å²) in [5.41, 5.74) is 2.60. The molecule has 2 aromatic carbocycles. The van der Waals surface area contributed by atoms with Gasteiger partial charge in [0.25, 0.3) is 5.91 Å². The van der Waals surface area contributed by atoms with Gasteiger partial charge in [-0.05, 0) is 44.0 Å². The molecule has 0 bridgehead atoms. The molecule has 186 valence electrons. The van der Waals surface area contributed by atoms with Crippen molar-refractivity contribution in [2.45, 2.75) is 44.7 Å². The van der Waals surface area contributed by atoms with E-state index in [-0.39, 0.29) is 24.5 Å². The maximum atomic E-state index is 13.6. The molecule has 0 radical (unpaired) electrons. The van der Waals surface area contributed by atoms with Crippen molar-refractivity contribution in [2.24, 2.45) is 5.10 Å². The van der Waals surface area contributed by atoms with Crippen LogP contribution in [0, 0.1) is 0 Å². The highest BCUT2D eigenvalue weighted by Gasteiger charge is 2.37. The fourth-order valence-corrected chi connectivity index (χ4v) is 4.81. The second-order valence-electron chi connectivity index (χ2n) is 8.72. The molecule has 2 aliphatic rings. The third-order valence-electron chi connectivity index (χ3n) is 6.58. The van der Waals surface area contributed by atoms with E-state index in [1.807, 2.05) is 53.4 Å². The van der Waals surface area contributed by atoms with Crippen LogP contribution in [0.5, 0.6) is 11.5 Å². The lowest BCUT2D eigenvalue weighted by molar-refractivity contribution is -0.152. The van der Waals surface area contributed by atoms with Crippen LogP contribution >= 0.6 is 0 Å². The van der Waals surface area contributed by atoms with E-state index in [0.29, 0.717) is 37.5 Å². The molecule has 0 aromatic heterocycles. The molecule has 0 unspecified atom stereocenters. The van der Waals surface area contributed by atoms with Crippen LogP contribution in [0.2, 0.25) is 0 Å². The van der Waals surface area contributed by atoms with E-state index in [1.165, 1.54) is 0 Å². The summed E-state index contributed by atoms with van der Waals surface area (Å²) >= 11 is 0. The molecule has 0 aliphatic carbocycles. The normalized spacial score (nSPS) is 20.3. The summed E-state index contributed by atoms with van der Waals surface area (Å²) < 4.78 is 16.2. The van der Waals surface area contributed by atoms with Gasteiger partial charge in [0.2, 0.25) is 0 Å². The number of nitrogens with zero attached hydrogens (tertiary/aromatic N) is 3. The van der Waals surface area contributed by atoms with Crippen LogP contribution in [-0.4, -0.2) is 67.5 Å². The molecule has 0 saturated carbocycles. The summed E-state index contributed by atoms with van der Waals surface area (Å²) in [6, 6.07) is 14.9. The van der Waals surface area contributed by atoms with Crippen LogP contribution in [0.4, 0.5) is 0 Å². The van der Waals surface area contributed by atoms with Crippen molar-refractivity contribution in [2.75, 3.05) is 33.9 Å². The Balaban J connectivity index is 1.62. The molecule has 2 heterocycles. The largest absolute Gasteiger partial charge is 0.497 e. The van der Waals surface area contributed by atoms with Gasteiger partial charge in [-0.2, -0.15) is 5.10 Å². The Kier molecular flexibility index (Phi) is 8.02. The minimum atomic E-state index is -0.393. The van der Waals surface area contributed by atoms with Gasteiger partial charge < -0.3 is 14.2 Å². The Morgan fingerprint density at radius 3 is 2.57 bits per heavy atom. The summed E-state index contributed by atoms with van der Waals surface area (Å²) in [6.45, 7) is 2.93. The number of hydrazone groups is 1. The first-order valence-corrected chi connectivity index (χ1v) is 12.1. The zero-order valence-electron chi connectivity index (χ0n) is 20.6. The number of methoxy groups -OCH3 is 2. The lowest BCUT2D eigenvalue weighted by atomic mass is 9.97. The highest BCUT2D eigenvalue weighted by molar-refractivity contribution is 6.05. The number of carbonyl (C=O) groups excluding carboxylic acids is 2. The van der Waals surface area contributed by atoms with E-state index >= 15 is 0 Å². The van der Waals surface area contributed by atoms with Gasteiger partial charge in [0.05, 0.1) is 39.1 Å². The van der Waals surface area contributed by atoms with Gasteiger partial charge in [0.1, 0.15) is 17.5 Å². The number of benzene rings is 2. The molecule has 1 amide bonds. The Labute approximate surface area is 206 Å². The Morgan fingerprint density at radius 2 is 1.86 bits per heavy atom. The molecule has 4 rings (SSSR count).